The van der Waals surface area contributed by atoms with E-state index in [4.69, 9.17) is 17.0 Å². The Hall–Kier alpha value is -1.10. The minimum absolute atomic E-state index is 0.0252. The number of hydrogen-bond donors (Lipinski definition) is 1. The summed E-state index contributed by atoms with van der Waals surface area (Å²) < 4.78 is 5.11. The van der Waals surface area contributed by atoms with Crippen LogP contribution in [0.5, 0.6) is 0 Å². The maximum absolute atomic E-state index is 12.0. The Morgan fingerprint density at radius 2 is 2.18 bits per heavy atom. The van der Waals surface area contributed by atoms with Gasteiger partial charge in [0.15, 0.2) is 5.11 Å². The van der Waals surface area contributed by atoms with Gasteiger partial charge in [-0.15, -0.1) is 0 Å². The number of thiocarbonyl (C=S) groups is 1. The monoisotopic (exact) mass is 256 g/mol. The van der Waals surface area contributed by atoms with E-state index in [9.17, 15) is 4.79 Å². The molecule has 0 fully saturated rings. The van der Waals surface area contributed by atoms with E-state index in [0.29, 0.717) is 17.3 Å². The summed E-state index contributed by atoms with van der Waals surface area (Å²) >= 11 is 5.23. The molecule has 1 atom stereocenters. The molecule has 0 saturated carbocycles. The van der Waals surface area contributed by atoms with Gasteiger partial charge in [-0.1, -0.05) is 13.3 Å². The van der Waals surface area contributed by atoms with Crippen molar-refractivity contribution in [1.29, 1.82) is 0 Å². The fourth-order valence-corrected chi connectivity index (χ4v) is 2.19. The van der Waals surface area contributed by atoms with Crippen LogP contribution in [0.1, 0.15) is 33.6 Å². The smallest absolute Gasteiger partial charge is 0.337 e. The summed E-state index contributed by atoms with van der Waals surface area (Å²) in [6, 6.07) is -0.0252. The van der Waals surface area contributed by atoms with E-state index in [0.717, 1.165) is 18.5 Å². The largest absolute Gasteiger partial charge is 0.463 e. The van der Waals surface area contributed by atoms with E-state index in [2.05, 4.69) is 12.2 Å². The van der Waals surface area contributed by atoms with Crippen molar-refractivity contribution in [2.75, 3.05) is 13.7 Å². The summed E-state index contributed by atoms with van der Waals surface area (Å²) in [4.78, 5) is 13.8. The topological polar surface area (TPSA) is 41.6 Å². The van der Waals surface area contributed by atoms with Crippen molar-refractivity contribution < 1.29 is 9.53 Å². The van der Waals surface area contributed by atoms with Crippen LogP contribution in [0.2, 0.25) is 0 Å². The van der Waals surface area contributed by atoms with Gasteiger partial charge in [0.25, 0.3) is 0 Å². The second kappa shape index (κ2) is 6.00. The van der Waals surface area contributed by atoms with Crippen LogP contribution >= 0.6 is 12.2 Å². The molecule has 0 bridgehead atoms. The molecule has 0 saturated heterocycles. The molecular formula is C12H20N2O2S. The van der Waals surface area contributed by atoms with Gasteiger partial charge in [0.1, 0.15) is 0 Å². The number of carbonyl (C=O) groups is 1. The van der Waals surface area contributed by atoms with Gasteiger partial charge in [-0.05, 0) is 32.5 Å². The summed E-state index contributed by atoms with van der Waals surface area (Å²) in [5, 5.41) is 3.85. The van der Waals surface area contributed by atoms with E-state index >= 15 is 0 Å². The molecule has 1 aliphatic heterocycles. The molecule has 0 spiro atoms. The fourth-order valence-electron chi connectivity index (χ4n) is 1.91. The third kappa shape index (κ3) is 2.97. The Labute approximate surface area is 108 Å². The third-order valence-electron chi connectivity index (χ3n) is 2.92. The Balaban J connectivity index is 3.05. The van der Waals surface area contributed by atoms with Crippen LogP contribution in [0, 0.1) is 0 Å². The summed E-state index contributed by atoms with van der Waals surface area (Å²) in [7, 11) is 1.85. The average molecular weight is 256 g/mol. The van der Waals surface area contributed by atoms with Gasteiger partial charge in [-0.3, -0.25) is 0 Å². The molecule has 0 aromatic rings. The zero-order chi connectivity index (χ0) is 13.0. The Morgan fingerprint density at radius 1 is 1.53 bits per heavy atom. The van der Waals surface area contributed by atoms with Crippen LogP contribution in [-0.2, 0) is 9.53 Å². The number of ether oxygens (including phenoxy) is 1. The van der Waals surface area contributed by atoms with Crippen molar-refractivity contribution in [2.45, 2.75) is 39.7 Å². The summed E-state index contributed by atoms with van der Waals surface area (Å²) in [6.45, 7) is 6.19. The maximum Gasteiger partial charge on any atom is 0.337 e. The van der Waals surface area contributed by atoms with Gasteiger partial charge in [0.05, 0.1) is 18.2 Å². The van der Waals surface area contributed by atoms with Crippen LogP contribution in [0.15, 0.2) is 11.3 Å². The molecular weight excluding hydrogens is 236 g/mol. The van der Waals surface area contributed by atoms with E-state index in [1.54, 1.807) is 0 Å². The number of hydrogen-bond acceptors (Lipinski definition) is 3. The summed E-state index contributed by atoms with van der Waals surface area (Å²) in [5.41, 5.74) is 1.58. The highest BCUT2D eigenvalue weighted by Crippen LogP contribution is 2.22. The summed E-state index contributed by atoms with van der Waals surface area (Å²) in [6.07, 6.45) is 1.86. The molecule has 1 aliphatic rings. The van der Waals surface area contributed by atoms with Crippen molar-refractivity contribution in [3.63, 3.8) is 0 Å². The van der Waals surface area contributed by atoms with Crippen LogP contribution in [-0.4, -0.2) is 35.7 Å². The molecule has 0 aromatic carbocycles. The molecule has 1 rings (SSSR count). The lowest BCUT2D eigenvalue weighted by molar-refractivity contribution is -0.139. The maximum atomic E-state index is 12.0. The van der Waals surface area contributed by atoms with E-state index in [1.807, 2.05) is 25.8 Å². The highest BCUT2D eigenvalue weighted by atomic mass is 32.1. The highest BCUT2D eigenvalue weighted by molar-refractivity contribution is 7.80. The zero-order valence-electron chi connectivity index (χ0n) is 10.9. The average Bonchev–Trinajstić information content (AvgIpc) is 2.27. The second-order valence-electron chi connectivity index (χ2n) is 4.07. The van der Waals surface area contributed by atoms with Crippen molar-refractivity contribution in [3.05, 3.63) is 11.3 Å². The van der Waals surface area contributed by atoms with Gasteiger partial charge in [-0.2, -0.15) is 0 Å². The highest BCUT2D eigenvalue weighted by Gasteiger charge is 2.31. The van der Waals surface area contributed by atoms with Crippen molar-refractivity contribution >= 4 is 23.3 Å². The van der Waals surface area contributed by atoms with Gasteiger partial charge in [-0.25, -0.2) is 4.79 Å². The first-order chi connectivity index (χ1) is 8.02. The number of rotatable bonds is 4. The van der Waals surface area contributed by atoms with E-state index < -0.39 is 0 Å². The minimum Gasteiger partial charge on any atom is -0.463 e. The molecule has 1 heterocycles. The number of allylic oxidation sites excluding steroid dienone is 1. The lowest BCUT2D eigenvalue weighted by Crippen LogP contribution is -2.50. The molecule has 96 valence electrons. The second-order valence-corrected chi connectivity index (χ2v) is 4.46. The number of esters is 1. The van der Waals surface area contributed by atoms with Gasteiger partial charge in [0.2, 0.25) is 0 Å². The molecule has 0 radical (unpaired) electrons. The predicted molar refractivity (Wildman–Crippen MR) is 71.5 cm³/mol. The van der Waals surface area contributed by atoms with Crippen molar-refractivity contribution in [2.24, 2.45) is 0 Å². The lowest BCUT2D eigenvalue weighted by Gasteiger charge is -2.35. The molecule has 5 heteroatoms. The normalized spacial score (nSPS) is 20.4. The van der Waals surface area contributed by atoms with Crippen LogP contribution < -0.4 is 5.32 Å². The number of nitrogens with one attached hydrogen (secondary N) is 1. The molecule has 4 nitrogen and oxygen atoms in total. The Morgan fingerprint density at radius 3 is 2.71 bits per heavy atom. The van der Waals surface area contributed by atoms with Crippen molar-refractivity contribution in [1.82, 2.24) is 10.2 Å². The Bertz CT molecular complexity index is 352. The first-order valence-electron chi connectivity index (χ1n) is 5.95. The molecule has 1 N–H and O–H groups in total. The van der Waals surface area contributed by atoms with Crippen LogP contribution in [0.3, 0.4) is 0 Å². The van der Waals surface area contributed by atoms with Gasteiger partial charge >= 0.3 is 5.97 Å². The summed E-state index contributed by atoms with van der Waals surface area (Å²) in [5.74, 6) is -0.245. The predicted octanol–water partition coefficient (Wildman–Crippen LogP) is 1.81. The van der Waals surface area contributed by atoms with E-state index in [-0.39, 0.29) is 12.0 Å². The standard InChI is InChI=1S/C12H20N2O2S/c1-5-7-9-10(11(15)16-6-2)8(3)14(4)12(17)13-9/h9H,5-7H2,1-4H3,(H,13,17). The van der Waals surface area contributed by atoms with Gasteiger partial charge < -0.3 is 15.0 Å². The molecule has 0 aliphatic carbocycles. The van der Waals surface area contributed by atoms with Crippen LogP contribution in [0.25, 0.3) is 0 Å². The number of nitrogens with zero attached hydrogens (tertiary/aromatic N) is 1. The zero-order valence-corrected chi connectivity index (χ0v) is 11.7. The SMILES string of the molecule is CCCC1NC(=S)N(C)C(C)=C1C(=O)OCC. The van der Waals surface area contributed by atoms with E-state index in [1.165, 1.54) is 0 Å². The molecule has 0 amide bonds. The van der Waals surface area contributed by atoms with Crippen molar-refractivity contribution in [3.8, 4) is 0 Å². The lowest BCUT2D eigenvalue weighted by atomic mass is 9.98. The fraction of sp³-hybridized carbons (Fsp3) is 0.667. The first-order valence-corrected chi connectivity index (χ1v) is 6.35. The Kier molecular flexibility index (Phi) is 4.93. The minimum atomic E-state index is -0.245. The van der Waals surface area contributed by atoms with Crippen LogP contribution in [0.4, 0.5) is 0 Å². The quantitative estimate of drug-likeness (QED) is 0.614. The number of carbonyl (C=O) groups excluding carboxylic acids is 1. The molecule has 17 heavy (non-hydrogen) atoms. The van der Waals surface area contributed by atoms with Gasteiger partial charge in [0, 0.05) is 12.7 Å². The third-order valence-corrected chi connectivity index (χ3v) is 3.31. The first kappa shape index (κ1) is 14.0. The molecule has 1 unspecified atom stereocenters. The molecule has 0 aromatic heterocycles.